The fraction of sp³-hybridized carbons (Fsp3) is 0.417. The van der Waals surface area contributed by atoms with Crippen LogP contribution in [0.5, 0.6) is 0 Å². The highest BCUT2D eigenvalue weighted by Gasteiger charge is 2.24. The molecule has 0 aliphatic heterocycles. The number of hydrogen-bond donors (Lipinski definition) is 2. The SMILES string of the molecule is Cc1cc(C)c(NC(=O)CNC(=O)CN(C)[C@H]2CCCc3ccccc32)c(C)c1. The van der Waals surface area contributed by atoms with Crippen LogP contribution in [-0.2, 0) is 16.0 Å². The second-order valence-electron chi connectivity index (χ2n) is 8.12. The zero-order valence-corrected chi connectivity index (χ0v) is 17.8. The smallest absolute Gasteiger partial charge is 0.243 e. The molecule has 1 atom stereocenters. The lowest BCUT2D eigenvalue weighted by Crippen LogP contribution is -2.41. The second kappa shape index (κ2) is 9.23. The molecular formula is C24H31N3O2. The molecule has 5 nitrogen and oxygen atoms in total. The van der Waals surface area contributed by atoms with Gasteiger partial charge >= 0.3 is 0 Å². The Bertz CT molecular complexity index is 884. The molecule has 1 aliphatic carbocycles. The van der Waals surface area contributed by atoms with E-state index >= 15 is 0 Å². The van der Waals surface area contributed by atoms with Crippen LogP contribution in [0.1, 0.15) is 46.7 Å². The molecule has 2 aromatic rings. The molecular weight excluding hydrogens is 362 g/mol. The zero-order chi connectivity index (χ0) is 21.0. The number of hydrogen-bond acceptors (Lipinski definition) is 3. The number of aryl methyl sites for hydroxylation is 4. The summed E-state index contributed by atoms with van der Waals surface area (Å²) in [6.45, 7) is 6.24. The van der Waals surface area contributed by atoms with E-state index in [1.807, 2.05) is 40.0 Å². The molecule has 1 aliphatic rings. The van der Waals surface area contributed by atoms with Gasteiger partial charge in [0, 0.05) is 11.7 Å². The Kier molecular flexibility index (Phi) is 6.70. The second-order valence-corrected chi connectivity index (χ2v) is 8.12. The van der Waals surface area contributed by atoms with Crippen LogP contribution in [0.4, 0.5) is 5.69 Å². The predicted octanol–water partition coefficient (Wildman–Crippen LogP) is 3.68. The van der Waals surface area contributed by atoms with E-state index in [0.29, 0.717) is 0 Å². The van der Waals surface area contributed by atoms with Gasteiger partial charge in [-0.05, 0) is 69.3 Å². The highest BCUT2D eigenvalue weighted by molar-refractivity contribution is 5.96. The number of nitrogens with one attached hydrogen (secondary N) is 2. The Hall–Kier alpha value is -2.66. The topological polar surface area (TPSA) is 61.4 Å². The summed E-state index contributed by atoms with van der Waals surface area (Å²) in [5, 5.41) is 5.68. The fourth-order valence-corrected chi connectivity index (χ4v) is 4.32. The summed E-state index contributed by atoms with van der Waals surface area (Å²) < 4.78 is 0. The molecule has 0 bridgehead atoms. The van der Waals surface area contributed by atoms with E-state index in [1.54, 1.807) is 0 Å². The highest BCUT2D eigenvalue weighted by Crippen LogP contribution is 2.33. The average Bonchev–Trinajstić information content (AvgIpc) is 2.68. The fourth-order valence-electron chi connectivity index (χ4n) is 4.32. The lowest BCUT2D eigenvalue weighted by Gasteiger charge is -2.32. The maximum atomic E-state index is 12.4. The van der Waals surface area contributed by atoms with E-state index in [-0.39, 0.29) is 30.9 Å². The van der Waals surface area contributed by atoms with Gasteiger partial charge in [0.15, 0.2) is 0 Å². The van der Waals surface area contributed by atoms with E-state index in [0.717, 1.165) is 36.1 Å². The molecule has 0 unspecified atom stereocenters. The quantitative estimate of drug-likeness (QED) is 0.787. The van der Waals surface area contributed by atoms with E-state index < -0.39 is 0 Å². The van der Waals surface area contributed by atoms with Crippen LogP contribution in [0.2, 0.25) is 0 Å². The molecule has 29 heavy (non-hydrogen) atoms. The van der Waals surface area contributed by atoms with Gasteiger partial charge in [0.05, 0.1) is 13.1 Å². The minimum atomic E-state index is -0.209. The Balaban J connectivity index is 1.52. The number of anilines is 1. The number of carbonyl (C=O) groups is 2. The maximum Gasteiger partial charge on any atom is 0.243 e. The molecule has 2 amide bonds. The van der Waals surface area contributed by atoms with Gasteiger partial charge < -0.3 is 10.6 Å². The molecule has 0 aromatic heterocycles. The van der Waals surface area contributed by atoms with Crippen molar-refractivity contribution in [3.63, 3.8) is 0 Å². The molecule has 2 N–H and O–H groups in total. The van der Waals surface area contributed by atoms with Gasteiger partial charge in [0.25, 0.3) is 0 Å². The largest absolute Gasteiger partial charge is 0.346 e. The van der Waals surface area contributed by atoms with E-state index in [4.69, 9.17) is 0 Å². The van der Waals surface area contributed by atoms with Gasteiger partial charge in [-0.25, -0.2) is 0 Å². The van der Waals surface area contributed by atoms with Gasteiger partial charge in [0.1, 0.15) is 0 Å². The molecule has 0 saturated carbocycles. The van der Waals surface area contributed by atoms with Crippen molar-refractivity contribution in [2.75, 3.05) is 25.5 Å². The van der Waals surface area contributed by atoms with Gasteiger partial charge in [-0.3, -0.25) is 14.5 Å². The van der Waals surface area contributed by atoms with Crippen LogP contribution in [-0.4, -0.2) is 36.9 Å². The van der Waals surface area contributed by atoms with Crippen LogP contribution >= 0.6 is 0 Å². The van der Waals surface area contributed by atoms with Crippen molar-refractivity contribution in [1.29, 1.82) is 0 Å². The van der Waals surface area contributed by atoms with Crippen LogP contribution in [0.25, 0.3) is 0 Å². The standard InChI is InChI=1S/C24H31N3O2/c1-16-12-17(2)24(18(3)13-16)26-22(28)14-25-23(29)15-27(4)21-11-7-9-19-8-5-6-10-20(19)21/h5-6,8,10,12-13,21H,7,9,11,14-15H2,1-4H3,(H,25,29)(H,26,28)/t21-/m0/s1. The summed E-state index contributed by atoms with van der Waals surface area (Å²) in [6, 6.07) is 12.8. The highest BCUT2D eigenvalue weighted by atomic mass is 16.2. The average molecular weight is 394 g/mol. The first-order chi connectivity index (χ1) is 13.8. The number of likely N-dealkylation sites (N-methyl/N-ethyl adjacent to an activating group) is 1. The summed E-state index contributed by atoms with van der Waals surface area (Å²) in [4.78, 5) is 26.8. The minimum Gasteiger partial charge on any atom is -0.346 e. The van der Waals surface area contributed by atoms with E-state index in [9.17, 15) is 9.59 Å². The first-order valence-electron chi connectivity index (χ1n) is 10.3. The third kappa shape index (κ3) is 5.24. The molecule has 154 valence electrons. The predicted molar refractivity (Wildman–Crippen MR) is 117 cm³/mol. The molecule has 5 heteroatoms. The summed E-state index contributed by atoms with van der Waals surface area (Å²) in [6.07, 6.45) is 3.28. The monoisotopic (exact) mass is 393 g/mol. The van der Waals surface area contributed by atoms with Gasteiger partial charge in [0.2, 0.25) is 11.8 Å². The van der Waals surface area contributed by atoms with Crippen LogP contribution in [0, 0.1) is 20.8 Å². The maximum absolute atomic E-state index is 12.4. The van der Waals surface area contributed by atoms with Crippen LogP contribution < -0.4 is 10.6 Å². The Morgan fingerprint density at radius 2 is 1.76 bits per heavy atom. The molecule has 0 saturated heterocycles. The summed E-state index contributed by atoms with van der Waals surface area (Å²) in [5.74, 6) is -0.345. The number of benzene rings is 2. The van der Waals surface area contributed by atoms with Crippen LogP contribution in [0.15, 0.2) is 36.4 Å². The Labute approximate surface area is 173 Å². The molecule has 0 fully saturated rings. The van der Waals surface area contributed by atoms with Crippen molar-refractivity contribution < 1.29 is 9.59 Å². The Morgan fingerprint density at radius 1 is 1.07 bits per heavy atom. The van der Waals surface area contributed by atoms with Gasteiger partial charge in [-0.2, -0.15) is 0 Å². The third-order valence-electron chi connectivity index (χ3n) is 5.65. The van der Waals surface area contributed by atoms with Crippen LogP contribution in [0.3, 0.4) is 0 Å². The number of carbonyl (C=O) groups excluding carboxylic acids is 2. The number of rotatable bonds is 6. The van der Waals surface area contributed by atoms with Crippen molar-refractivity contribution in [3.8, 4) is 0 Å². The summed E-state index contributed by atoms with van der Waals surface area (Å²) in [5.41, 5.74) is 6.73. The summed E-state index contributed by atoms with van der Waals surface area (Å²) >= 11 is 0. The number of fused-ring (bicyclic) bond motifs is 1. The molecule has 3 rings (SSSR count). The van der Waals surface area contributed by atoms with Crippen molar-refractivity contribution in [2.24, 2.45) is 0 Å². The lowest BCUT2D eigenvalue weighted by molar-refractivity contribution is -0.125. The molecule has 0 heterocycles. The first kappa shape index (κ1) is 21.1. The third-order valence-corrected chi connectivity index (χ3v) is 5.65. The molecule has 0 spiro atoms. The van der Waals surface area contributed by atoms with Gasteiger partial charge in [-0.1, -0.05) is 42.0 Å². The lowest BCUT2D eigenvalue weighted by atomic mass is 9.87. The van der Waals surface area contributed by atoms with Crippen molar-refractivity contribution >= 4 is 17.5 Å². The zero-order valence-electron chi connectivity index (χ0n) is 17.8. The minimum absolute atomic E-state index is 0.0271. The Morgan fingerprint density at radius 3 is 2.48 bits per heavy atom. The molecule has 2 aromatic carbocycles. The van der Waals surface area contributed by atoms with Gasteiger partial charge in [-0.15, -0.1) is 0 Å². The van der Waals surface area contributed by atoms with E-state index in [1.165, 1.54) is 16.7 Å². The number of nitrogens with zero attached hydrogens (tertiary/aromatic N) is 1. The normalized spacial score (nSPS) is 15.7. The van der Waals surface area contributed by atoms with Crippen molar-refractivity contribution in [2.45, 2.75) is 46.1 Å². The van der Waals surface area contributed by atoms with Crippen molar-refractivity contribution in [3.05, 3.63) is 64.2 Å². The van der Waals surface area contributed by atoms with E-state index in [2.05, 4.69) is 39.8 Å². The first-order valence-corrected chi connectivity index (χ1v) is 10.3. The molecule has 0 radical (unpaired) electrons. The number of amides is 2. The van der Waals surface area contributed by atoms with Crippen molar-refractivity contribution in [1.82, 2.24) is 10.2 Å². The summed E-state index contributed by atoms with van der Waals surface area (Å²) in [7, 11) is 1.98.